The number of nitro groups is 1. The van der Waals surface area contributed by atoms with Crippen LogP contribution in [0, 0.1) is 15.5 Å². The summed E-state index contributed by atoms with van der Waals surface area (Å²) < 4.78 is 0.551. The Hall–Kier alpha value is -1.65. The highest BCUT2D eigenvalue weighted by Crippen LogP contribution is 2.26. The molecular weight excluding hydrogens is 333 g/mol. The van der Waals surface area contributed by atoms with Gasteiger partial charge in [-0.3, -0.25) is 15.0 Å². The SMILES string of the molecule is N=C(N)SCC(=O)Cn1nc([N+](=O)[O-])c(Cl)c(Cl)c1=O. The van der Waals surface area contributed by atoms with E-state index in [9.17, 15) is 19.7 Å². The topological polar surface area (TPSA) is 145 Å². The lowest BCUT2D eigenvalue weighted by Crippen LogP contribution is -2.29. The van der Waals surface area contributed by atoms with E-state index >= 15 is 0 Å². The van der Waals surface area contributed by atoms with Crippen molar-refractivity contribution in [2.24, 2.45) is 5.73 Å². The molecule has 12 heteroatoms. The molecule has 9 nitrogen and oxygen atoms in total. The molecule has 0 aliphatic rings. The zero-order valence-corrected chi connectivity index (χ0v) is 12.0. The number of amidine groups is 1. The van der Waals surface area contributed by atoms with Gasteiger partial charge in [-0.05, 0) is 4.92 Å². The van der Waals surface area contributed by atoms with Gasteiger partial charge in [-0.1, -0.05) is 35.0 Å². The van der Waals surface area contributed by atoms with Crippen molar-refractivity contribution in [3.05, 3.63) is 30.5 Å². The largest absolute Gasteiger partial charge is 0.408 e. The van der Waals surface area contributed by atoms with Gasteiger partial charge in [0.25, 0.3) is 0 Å². The molecule has 0 amide bonds. The molecule has 1 heterocycles. The van der Waals surface area contributed by atoms with Crippen LogP contribution >= 0.6 is 35.0 Å². The van der Waals surface area contributed by atoms with Crippen molar-refractivity contribution >= 4 is 51.7 Å². The molecule has 108 valence electrons. The zero-order chi connectivity index (χ0) is 15.4. The van der Waals surface area contributed by atoms with E-state index in [1.54, 1.807) is 0 Å². The fraction of sp³-hybridized carbons (Fsp3) is 0.250. The monoisotopic (exact) mass is 339 g/mol. The molecule has 1 rings (SSSR count). The van der Waals surface area contributed by atoms with E-state index in [4.69, 9.17) is 34.3 Å². The highest BCUT2D eigenvalue weighted by molar-refractivity contribution is 8.14. The molecular formula is C8H7Cl2N5O4S. The van der Waals surface area contributed by atoms with Crippen molar-refractivity contribution < 1.29 is 9.72 Å². The lowest BCUT2D eigenvalue weighted by Gasteiger charge is -2.02. The van der Waals surface area contributed by atoms with Crippen molar-refractivity contribution in [1.82, 2.24) is 9.78 Å². The summed E-state index contributed by atoms with van der Waals surface area (Å²) in [6, 6.07) is 0. The number of nitrogens with one attached hydrogen (secondary N) is 1. The third kappa shape index (κ3) is 3.92. The Morgan fingerprint density at radius 1 is 1.50 bits per heavy atom. The molecule has 0 bridgehead atoms. The van der Waals surface area contributed by atoms with Gasteiger partial charge in [0, 0.05) is 0 Å². The Bertz CT molecular complexity index is 646. The van der Waals surface area contributed by atoms with Crippen LogP contribution in [0.5, 0.6) is 0 Å². The highest BCUT2D eigenvalue weighted by Gasteiger charge is 2.25. The third-order valence-electron chi connectivity index (χ3n) is 1.91. The average Bonchev–Trinajstić information content (AvgIpc) is 2.36. The Labute approximate surface area is 125 Å². The van der Waals surface area contributed by atoms with Crippen LogP contribution in [0.4, 0.5) is 5.82 Å². The second-order valence-electron chi connectivity index (χ2n) is 3.36. The number of nitrogens with two attached hydrogens (primary N) is 1. The van der Waals surface area contributed by atoms with Crippen LogP contribution in [0.15, 0.2) is 4.79 Å². The summed E-state index contributed by atoms with van der Waals surface area (Å²) in [5.41, 5.74) is 4.14. The van der Waals surface area contributed by atoms with Crippen molar-refractivity contribution in [3.63, 3.8) is 0 Å². The number of carbonyl (C=O) groups is 1. The summed E-state index contributed by atoms with van der Waals surface area (Å²) in [6.07, 6.45) is 0. The minimum Gasteiger partial charge on any atom is -0.379 e. The number of hydrogen-bond donors (Lipinski definition) is 2. The van der Waals surface area contributed by atoms with Crippen LogP contribution in [0.25, 0.3) is 0 Å². The lowest BCUT2D eigenvalue weighted by molar-refractivity contribution is -0.390. The molecule has 3 N–H and O–H groups in total. The number of ketones is 1. The Balaban J connectivity index is 3.07. The van der Waals surface area contributed by atoms with Gasteiger partial charge in [0.2, 0.25) is 0 Å². The maximum Gasteiger partial charge on any atom is 0.408 e. The molecule has 1 aromatic rings. The summed E-state index contributed by atoms with van der Waals surface area (Å²) in [7, 11) is 0. The summed E-state index contributed by atoms with van der Waals surface area (Å²) in [5, 5.41) is 19.6. The predicted molar refractivity (Wildman–Crippen MR) is 74.6 cm³/mol. The minimum absolute atomic E-state index is 0.169. The van der Waals surface area contributed by atoms with E-state index in [1.165, 1.54) is 0 Å². The van der Waals surface area contributed by atoms with Crippen LogP contribution in [0.1, 0.15) is 0 Å². The van der Waals surface area contributed by atoms with Gasteiger partial charge >= 0.3 is 11.4 Å². The van der Waals surface area contributed by atoms with E-state index in [1.807, 2.05) is 0 Å². The number of hydrogen-bond acceptors (Lipinski definition) is 7. The standard InChI is InChI=1S/C8H7Cl2N5O4S/c9-4-5(10)7(17)14(13-6(4)15(18)19)1-3(16)2-20-8(11)12/h1-2H2,(H3,11,12). The van der Waals surface area contributed by atoms with E-state index < -0.39 is 38.7 Å². The first kappa shape index (κ1) is 16.4. The van der Waals surface area contributed by atoms with E-state index in [0.717, 1.165) is 11.8 Å². The first-order valence-electron chi connectivity index (χ1n) is 4.83. The number of Topliss-reactive ketones (excluding diaryl/α,β-unsaturated/α-hetero) is 1. The van der Waals surface area contributed by atoms with Crippen LogP contribution in [-0.2, 0) is 11.3 Å². The quantitative estimate of drug-likeness (QED) is 0.346. The number of halogens is 2. The van der Waals surface area contributed by atoms with E-state index in [0.29, 0.717) is 4.68 Å². The van der Waals surface area contributed by atoms with Crippen molar-refractivity contribution in [2.45, 2.75) is 6.54 Å². The molecule has 0 radical (unpaired) electrons. The number of carbonyl (C=O) groups excluding carboxylic acids is 1. The summed E-state index contributed by atoms with van der Waals surface area (Å²) in [4.78, 5) is 33.0. The van der Waals surface area contributed by atoms with Crippen molar-refractivity contribution in [3.8, 4) is 0 Å². The molecule has 0 spiro atoms. The fourth-order valence-electron chi connectivity index (χ4n) is 1.10. The Morgan fingerprint density at radius 3 is 2.60 bits per heavy atom. The molecule has 0 saturated heterocycles. The first-order valence-corrected chi connectivity index (χ1v) is 6.57. The molecule has 1 aromatic heterocycles. The highest BCUT2D eigenvalue weighted by atomic mass is 35.5. The van der Waals surface area contributed by atoms with Gasteiger partial charge in [0.15, 0.2) is 16.0 Å². The number of rotatable bonds is 5. The van der Waals surface area contributed by atoms with Crippen molar-refractivity contribution in [2.75, 3.05) is 5.75 Å². The van der Waals surface area contributed by atoms with E-state index in [-0.39, 0.29) is 10.9 Å². The third-order valence-corrected chi connectivity index (χ3v) is 3.50. The predicted octanol–water partition coefficient (Wildman–Crippen LogP) is 0.654. The van der Waals surface area contributed by atoms with Crippen molar-refractivity contribution in [1.29, 1.82) is 5.41 Å². The number of aromatic nitrogens is 2. The molecule has 0 aliphatic carbocycles. The molecule has 20 heavy (non-hydrogen) atoms. The Morgan fingerprint density at radius 2 is 2.10 bits per heavy atom. The summed E-state index contributed by atoms with van der Waals surface area (Å²) in [6.45, 7) is -0.531. The molecule has 0 aliphatic heterocycles. The van der Waals surface area contributed by atoms with Crippen LogP contribution < -0.4 is 11.3 Å². The van der Waals surface area contributed by atoms with Gasteiger partial charge in [-0.15, -0.1) is 4.68 Å². The van der Waals surface area contributed by atoms with E-state index in [2.05, 4.69) is 5.10 Å². The Kier molecular flexibility index (Phi) is 5.48. The summed E-state index contributed by atoms with van der Waals surface area (Å²) in [5.74, 6) is -1.49. The second kappa shape index (κ2) is 6.68. The molecule has 0 aromatic carbocycles. The first-order chi connectivity index (χ1) is 9.23. The van der Waals surface area contributed by atoms with Crippen LogP contribution in [0.2, 0.25) is 10.0 Å². The van der Waals surface area contributed by atoms with Gasteiger partial charge in [0.05, 0.1) is 10.9 Å². The number of thioether (sulfide) groups is 1. The maximum atomic E-state index is 11.7. The van der Waals surface area contributed by atoms with Gasteiger partial charge in [-0.2, -0.15) is 0 Å². The summed E-state index contributed by atoms with van der Waals surface area (Å²) >= 11 is 11.8. The second-order valence-corrected chi connectivity index (χ2v) is 5.14. The van der Waals surface area contributed by atoms with Crippen LogP contribution in [0.3, 0.4) is 0 Å². The van der Waals surface area contributed by atoms with Gasteiger partial charge in [0.1, 0.15) is 11.6 Å². The fourth-order valence-corrected chi connectivity index (χ4v) is 1.88. The normalized spacial score (nSPS) is 10.3. The molecule has 0 atom stereocenters. The molecule has 0 fully saturated rings. The van der Waals surface area contributed by atoms with Gasteiger partial charge in [-0.25, -0.2) is 0 Å². The van der Waals surface area contributed by atoms with Gasteiger partial charge < -0.3 is 15.8 Å². The molecule has 0 unspecified atom stereocenters. The average molecular weight is 340 g/mol. The number of nitrogens with zero attached hydrogens (tertiary/aromatic N) is 3. The minimum atomic E-state index is -0.918. The zero-order valence-electron chi connectivity index (χ0n) is 9.63. The van der Waals surface area contributed by atoms with Crippen LogP contribution in [-0.4, -0.2) is 31.4 Å². The lowest BCUT2D eigenvalue weighted by atomic mass is 10.4. The smallest absolute Gasteiger partial charge is 0.379 e. The molecule has 0 saturated carbocycles. The maximum absolute atomic E-state index is 11.7.